The highest BCUT2D eigenvalue weighted by Gasteiger charge is 2.75. The average Bonchev–Trinajstić information content (AvgIpc) is 2.89. The van der Waals surface area contributed by atoms with E-state index in [-0.39, 0.29) is 6.04 Å². The molecule has 0 bridgehead atoms. The highest BCUT2D eigenvalue weighted by molar-refractivity contribution is 5.33. The van der Waals surface area contributed by atoms with Crippen molar-refractivity contribution in [1.82, 2.24) is 15.0 Å². The van der Waals surface area contributed by atoms with Gasteiger partial charge in [-0.25, -0.2) is 0 Å². The van der Waals surface area contributed by atoms with E-state index >= 15 is 0 Å². The third-order valence-corrected chi connectivity index (χ3v) is 3.37. The molecule has 12 heteroatoms. The fourth-order valence-corrected chi connectivity index (χ4v) is 2.17. The number of aromatic nitrogens is 3. The molecule has 1 aliphatic carbocycles. The van der Waals surface area contributed by atoms with E-state index in [0.717, 1.165) is 12.8 Å². The minimum absolute atomic E-state index is 0.193. The van der Waals surface area contributed by atoms with Crippen LogP contribution in [0.25, 0.3) is 0 Å². The Labute approximate surface area is 125 Å². The Morgan fingerprint density at radius 2 is 1.48 bits per heavy atom. The Morgan fingerprint density at radius 1 is 0.913 bits per heavy atom. The Balaban J connectivity index is 2.36. The van der Waals surface area contributed by atoms with Crippen molar-refractivity contribution in [1.29, 1.82) is 0 Å². The zero-order valence-electron chi connectivity index (χ0n) is 11.5. The Hall–Kier alpha value is -1.88. The zero-order valence-corrected chi connectivity index (χ0v) is 11.5. The minimum atomic E-state index is -6.48. The summed E-state index contributed by atoms with van der Waals surface area (Å²) in [7, 11) is 0. The molecule has 0 aromatic carbocycles. The normalized spacial score (nSPS) is 17.5. The SMILES string of the molecule is Nc1nc(NC2CCCC2)nc(C(F)(F)C(F)(F)C(F)(F)F)n1. The Kier molecular flexibility index (Phi) is 4.28. The molecule has 0 atom stereocenters. The van der Waals surface area contributed by atoms with Crippen LogP contribution in [-0.2, 0) is 5.92 Å². The Morgan fingerprint density at radius 3 is 2.00 bits per heavy atom. The summed E-state index contributed by atoms with van der Waals surface area (Å²) in [5, 5.41) is 2.58. The second kappa shape index (κ2) is 5.64. The van der Waals surface area contributed by atoms with Gasteiger partial charge in [0.15, 0.2) is 0 Å². The van der Waals surface area contributed by atoms with Gasteiger partial charge in [0.25, 0.3) is 0 Å². The van der Waals surface area contributed by atoms with Gasteiger partial charge in [0.05, 0.1) is 0 Å². The third kappa shape index (κ3) is 3.24. The van der Waals surface area contributed by atoms with E-state index in [0.29, 0.717) is 12.8 Å². The molecular weight excluding hydrogens is 335 g/mol. The van der Waals surface area contributed by atoms with Crippen LogP contribution in [0.4, 0.5) is 42.6 Å². The summed E-state index contributed by atoms with van der Waals surface area (Å²) >= 11 is 0. The number of nitrogen functional groups attached to an aromatic ring is 1. The maximum Gasteiger partial charge on any atom is 0.460 e. The molecule has 3 N–H and O–H groups in total. The third-order valence-electron chi connectivity index (χ3n) is 3.37. The van der Waals surface area contributed by atoms with Gasteiger partial charge in [0.1, 0.15) is 0 Å². The highest BCUT2D eigenvalue weighted by atomic mass is 19.4. The van der Waals surface area contributed by atoms with Gasteiger partial charge in [0.2, 0.25) is 17.7 Å². The van der Waals surface area contributed by atoms with E-state index in [1.54, 1.807) is 0 Å². The molecule has 0 saturated heterocycles. The van der Waals surface area contributed by atoms with Gasteiger partial charge < -0.3 is 11.1 Å². The molecule has 0 spiro atoms. The number of nitrogens with two attached hydrogens (primary N) is 1. The number of hydrogen-bond donors (Lipinski definition) is 2. The van der Waals surface area contributed by atoms with E-state index in [9.17, 15) is 30.7 Å². The lowest BCUT2D eigenvalue weighted by Gasteiger charge is -2.27. The molecule has 1 aromatic rings. The maximum absolute atomic E-state index is 13.6. The first-order valence-electron chi connectivity index (χ1n) is 6.56. The highest BCUT2D eigenvalue weighted by Crippen LogP contribution is 2.50. The van der Waals surface area contributed by atoms with E-state index in [1.165, 1.54) is 0 Å². The van der Waals surface area contributed by atoms with E-state index < -0.39 is 35.7 Å². The fourth-order valence-electron chi connectivity index (χ4n) is 2.17. The number of alkyl halides is 7. The lowest BCUT2D eigenvalue weighted by atomic mass is 10.1. The van der Waals surface area contributed by atoms with E-state index in [1.807, 2.05) is 0 Å². The summed E-state index contributed by atoms with van der Waals surface area (Å²) in [6.45, 7) is 0. The first kappa shape index (κ1) is 17.5. The van der Waals surface area contributed by atoms with Gasteiger partial charge in [-0.05, 0) is 12.8 Å². The number of halogens is 7. The molecule has 0 radical (unpaired) electrons. The van der Waals surface area contributed by atoms with Crippen molar-refractivity contribution >= 4 is 11.9 Å². The second-order valence-corrected chi connectivity index (χ2v) is 5.11. The Bertz CT molecular complexity index is 568. The molecular formula is C11H12F7N5. The molecule has 0 amide bonds. The van der Waals surface area contributed by atoms with Gasteiger partial charge >= 0.3 is 18.0 Å². The van der Waals surface area contributed by atoms with Crippen LogP contribution in [0.1, 0.15) is 31.5 Å². The summed E-state index contributed by atoms with van der Waals surface area (Å²) in [6, 6.07) is -0.193. The van der Waals surface area contributed by atoms with Gasteiger partial charge in [-0.15, -0.1) is 0 Å². The standard InChI is InChI=1S/C11H12F7N5/c12-9(13,10(14,15)11(16,17)18)6-21-7(19)23-8(22-6)20-5-3-1-2-4-5/h5H,1-4H2,(H3,19,20,21,22,23). The quantitative estimate of drug-likeness (QED) is 0.819. The van der Waals surface area contributed by atoms with Gasteiger partial charge in [-0.2, -0.15) is 45.7 Å². The molecule has 0 aliphatic heterocycles. The van der Waals surface area contributed by atoms with Gasteiger partial charge in [-0.1, -0.05) is 12.8 Å². The van der Waals surface area contributed by atoms with Crippen LogP contribution in [0.15, 0.2) is 0 Å². The van der Waals surface area contributed by atoms with E-state index in [4.69, 9.17) is 5.73 Å². The first-order chi connectivity index (χ1) is 10.4. The number of nitrogens with zero attached hydrogens (tertiary/aromatic N) is 3. The van der Waals surface area contributed by atoms with Gasteiger partial charge in [0, 0.05) is 6.04 Å². The lowest BCUT2D eigenvalue weighted by molar-refractivity contribution is -0.361. The van der Waals surface area contributed by atoms with Crippen molar-refractivity contribution in [2.75, 3.05) is 11.1 Å². The summed E-state index contributed by atoms with van der Waals surface area (Å²) < 4.78 is 89.8. The number of rotatable bonds is 4. The van der Waals surface area contributed by atoms with Crippen LogP contribution >= 0.6 is 0 Å². The largest absolute Gasteiger partial charge is 0.460 e. The molecule has 1 saturated carbocycles. The summed E-state index contributed by atoms with van der Waals surface area (Å²) in [6.07, 6.45) is -3.44. The number of anilines is 2. The molecule has 0 unspecified atom stereocenters. The molecule has 1 aromatic heterocycles. The molecule has 1 aliphatic rings. The van der Waals surface area contributed by atoms with Crippen LogP contribution in [0.3, 0.4) is 0 Å². The van der Waals surface area contributed by atoms with Crippen molar-refractivity contribution in [3.05, 3.63) is 5.82 Å². The van der Waals surface area contributed by atoms with Crippen molar-refractivity contribution < 1.29 is 30.7 Å². The van der Waals surface area contributed by atoms with Crippen LogP contribution < -0.4 is 11.1 Å². The predicted molar refractivity (Wildman–Crippen MR) is 65.0 cm³/mol. The minimum Gasteiger partial charge on any atom is -0.368 e. The fraction of sp³-hybridized carbons (Fsp3) is 0.727. The molecule has 130 valence electrons. The van der Waals surface area contributed by atoms with Crippen molar-refractivity contribution in [2.45, 2.75) is 49.7 Å². The van der Waals surface area contributed by atoms with Crippen molar-refractivity contribution in [3.8, 4) is 0 Å². The smallest absolute Gasteiger partial charge is 0.368 e. The van der Waals surface area contributed by atoms with Crippen molar-refractivity contribution in [3.63, 3.8) is 0 Å². The molecule has 5 nitrogen and oxygen atoms in total. The van der Waals surface area contributed by atoms with Crippen LogP contribution in [0.2, 0.25) is 0 Å². The van der Waals surface area contributed by atoms with E-state index in [2.05, 4.69) is 20.3 Å². The summed E-state index contributed by atoms with van der Waals surface area (Å²) in [5.41, 5.74) is 5.12. The van der Waals surface area contributed by atoms with Crippen LogP contribution in [0.5, 0.6) is 0 Å². The summed E-state index contributed by atoms with van der Waals surface area (Å²) in [5.74, 6) is -15.5. The van der Waals surface area contributed by atoms with Crippen LogP contribution in [0, 0.1) is 0 Å². The first-order valence-corrected chi connectivity index (χ1v) is 6.56. The number of hydrogen-bond acceptors (Lipinski definition) is 5. The molecule has 1 heterocycles. The van der Waals surface area contributed by atoms with Crippen LogP contribution in [-0.4, -0.2) is 33.1 Å². The zero-order chi connectivity index (χ0) is 17.5. The molecule has 23 heavy (non-hydrogen) atoms. The lowest BCUT2D eigenvalue weighted by Crippen LogP contribution is -2.51. The van der Waals surface area contributed by atoms with Gasteiger partial charge in [-0.3, -0.25) is 0 Å². The summed E-state index contributed by atoms with van der Waals surface area (Å²) in [4.78, 5) is 9.19. The molecule has 1 fully saturated rings. The molecule has 2 rings (SSSR count). The second-order valence-electron chi connectivity index (χ2n) is 5.11. The van der Waals surface area contributed by atoms with Crippen molar-refractivity contribution in [2.24, 2.45) is 0 Å². The topological polar surface area (TPSA) is 76.7 Å². The monoisotopic (exact) mass is 347 g/mol. The maximum atomic E-state index is 13.6. The average molecular weight is 347 g/mol. The number of nitrogens with one attached hydrogen (secondary N) is 1. The predicted octanol–water partition coefficient (Wildman–Crippen LogP) is 3.10.